The molecular weight excluding hydrogens is 315 g/mol. The van der Waals surface area contributed by atoms with Crippen LogP contribution in [0.25, 0.3) is 0 Å². The Morgan fingerprint density at radius 3 is 2.72 bits per heavy atom. The number of halogens is 1. The summed E-state index contributed by atoms with van der Waals surface area (Å²) in [4.78, 5) is 6.76. The monoisotopic (exact) mass is 340 g/mol. The van der Waals surface area contributed by atoms with Crippen LogP contribution in [0.4, 0.5) is 4.39 Å². The summed E-state index contributed by atoms with van der Waals surface area (Å²) in [7, 11) is 0. The zero-order valence-corrected chi connectivity index (χ0v) is 14.5. The molecule has 2 fully saturated rings. The Hall–Kier alpha value is -1.78. The van der Waals surface area contributed by atoms with Gasteiger partial charge in [-0.1, -0.05) is 18.2 Å². The van der Waals surface area contributed by atoms with Crippen molar-refractivity contribution in [3.05, 3.63) is 65.7 Å². The van der Waals surface area contributed by atoms with Crippen LogP contribution in [0.15, 0.2) is 48.8 Å². The van der Waals surface area contributed by atoms with Crippen molar-refractivity contribution in [1.82, 2.24) is 9.88 Å². The van der Waals surface area contributed by atoms with Crippen LogP contribution in [-0.4, -0.2) is 35.7 Å². The Kier molecular flexibility index (Phi) is 4.82. The fraction of sp³-hybridized carbons (Fsp3) is 0.476. The molecule has 3 heterocycles. The summed E-state index contributed by atoms with van der Waals surface area (Å²) >= 11 is 0. The van der Waals surface area contributed by atoms with Gasteiger partial charge < -0.3 is 4.74 Å². The normalized spacial score (nSPS) is 26.5. The molecule has 0 unspecified atom stereocenters. The fourth-order valence-electron chi connectivity index (χ4n) is 4.26. The van der Waals surface area contributed by atoms with Crippen LogP contribution in [-0.2, 0) is 17.7 Å². The van der Waals surface area contributed by atoms with E-state index >= 15 is 0 Å². The van der Waals surface area contributed by atoms with Crippen LogP contribution in [0, 0.1) is 11.2 Å². The quantitative estimate of drug-likeness (QED) is 0.799. The summed E-state index contributed by atoms with van der Waals surface area (Å²) in [5, 5.41) is 0. The Morgan fingerprint density at radius 2 is 2.04 bits per heavy atom. The van der Waals surface area contributed by atoms with E-state index in [-0.39, 0.29) is 11.2 Å². The average Bonchev–Trinajstić information content (AvgIpc) is 2.97. The molecule has 2 saturated heterocycles. The lowest BCUT2D eigenvalue weighted by Gasteiger charge is -2.43. The van der Waals surface area contributed by atoms with E-state index in [9.17, 15) is 4.39 Å². The minimum absolute atomic E-state index is 0.163. The van der Waals surface area contributed by atoms with Gasteiger partial charge in [0.2, 0.25) is 0 Å². The molecule has 0 radical (unpaired) electrons. The van der Waals surface area contributed by atoms with Crippen LogP contribution in [0.1, 0.15) is 30.4 Å². The smallest absolute Gasteiger partial charge is 0.123 e. The van der Waals surface area contributed by atoms with Crippen molar-refractivity contribution in [2.75, 3.05) is 19.7 Å². The molecule has 132 valence electrons. The van der Waals surface area contributed by atoms with Crippen molar-refractivity contribution in [1.29, 1.82) is 0 Å². The van der Waals surface area contributed by atoms with Crippen LogP contribution >= 0.6 is 0 Å². The first kappa shape index (κ1) is 16.7. The second-order valence-corrected chi connectivity index (χ2v) is 7.46. The van der Waals surface area contributed by atoms with Gasteiger partial charge in [0.25, 0.3) is 0 Å². The number of hydrogen-bond donors (Lipinski definition) is 0. The second-order valence-electron chi connectivity index (χ2n) is 7.46. The van der Waals surface area contributed by atoms with Crippen molar-refractivity contribution in [2.24, 2.45) is 5.41 Å². The first-order valence-electron chi connectivity index (χ1n) is 9.21. The molecule has 0 saturated carbocycles. The van der Waals surface area contributed by atoms with Crippen molar-refractivity contribution >= 4 is 0 Å². The molecule has 1 aromatic heterocycles. The van der Waals surface area contributed by atoms with E-state index < -0.39 is 0 Å². The molecule has 2 aliphatic rings. The number of ether oxygens (including phenoxy) is 1. The molecule has 0 N–H and O–H groups in total. The third-order valence-corrected chi connectivity index (χ3v) is 5.80. The first-order chi connectivity index (χ1) is 12.2. The van der Waals surface area contributed by atoms with Gasteiger partial charge in [0, 0.05) is 37.5 Å². The highest BCUT2D eigenvalue weighted by atomic mass is 19.1. The third kappa shape index (κ3) is 3.75. The Bertz CT molecular complexity index is 687. The Labute approximate surface area is 148 Å². The first-order valence-corrected chi connectivity index (χ1v) is 9.21. The molecule has 0 aliphatic carbocycles. The molecule has 0 spiro atoms. The Morgan fingerprint density at radius 1 is 1.20 bits per heavy atom. The topological polar surface area (TPSA) is 25.4 Å². The van der Waals surface area contributed by atoms with Gasteiger partial charge in [-0.05, 0) is 61.6 Å². The largest absolute Gasteiger partial charge is 0.377 e. The lowest BCUT2D eigenvalue weighted by molar-refractivity contribution is -0.126. The van der Waals surface area contributed by atoms with Gasteiger partial charge in [0.05, 0.1) is 6.10 Å². The van der Waals surface area contributed by atoms with Crippen molar-refractivity contribution in [3.63, 3.8) is 0 Å². The van der Waals surface area contributed by atoms with Crippen molar-refractivity contribution < 1.29 is 9.13 Å². The maximum absolute atomic E-state index is 13.1. The molecular formula is C21H25FN2O. The van der Waals surface area contributed by atoms with E-state index in [1.165, 1.54) is 24.0 Å². The lowest BCUT2D eigenvalue weighted by Crippen LogP contribution is -2.46. The van der Waals surface area contributed by atoms with E-state index in [0.29, 0.717) is 6.10 Å². The molecule has 2 aliphatic heterocycles. The second kappa shape index (κ2) is 7.22. The van der Waals surface area contributed by atoms with Crippen LogP contribution < -0.4 is 0 Å². The molecule has 4 rings (SSSR count). The molecule has 1 aromatic carbocycles. The highest BCUT2D eigenvalue weighted by Gasteiger charge is 2.47. The molecule has 2 atom stereocenters. The zero-order chi connectivity index (χ0) is 17.1. The summed E-state index contributed by atoms with van der Waals surface area (Å²) in [5.41, 5.74) is 2.71. The number of aryl methyl sites for hydroxylation is 1. The summed E-state index contributed by atoms with van der Waals surface area (Å²) in [6, 6.07) is 11.1. The summed E-state index contributed by atoms with van der Waals surface area (Å²) < 4.78 is 19.0. The minimum Gasteiger partial charge on any atom is -0.377 e. The van der Waals surface area contributed by atoms with E-state index in [4.69, 9.17) is 4.74 Å². The number of pyridine rings is 1. The number of rotatable bonds is 6. The van der Waals surface area contributed by atoms with E-state index in [2.05, 4.69) is 16.0 Å². The van der Waals surface area contributed by atoms with Crippen molar-refractivity contribution in [2.45, 2.75) is 38.3 Å². The molecule has 0 bridgehead atoms. The van der Waals surface area contributed by atoms with E-state index in [1.54, 1.807) is 12.1 Å². The standard InChI is InChI=1S/C21H25FN2O/c22-19-5-3-17(4-6-19)7-9-21(20-8-13-25-20)10-12-24(16-21)15-18-2-1-11-23-14-18/h1-6,11,14,20H,7-10,12-13,15-16H2/t20-,21-/m1/s1. The van der Waals surface area contributed by atoms with Gasteiger partial charge in [0.15, 0.2) is 0 Å². The molecule has 2 aromatic rings. The van der Waals surface area contributed by atoms with E-state index in [0.717, 1.165) is 39.1 Å². The minimum atomic E-state index is -0.163. The van der Waals surface area contributed by atoms with Gasteiger partial charge in [-0.15, -0.1) is 0 Å². The summed E-state index contributed by atoms with van der Waals surface area (Å²) in [6.45, 7) is 4.04. The van der Waals surface area contributed by atoms with Gasteiger partial charge in [-0.3, -0.25) is 9.88 Å². The number of benzene rings is 1. The van der Waals surface area contributed by atoms with Crippen LogP contribution in [0.3, 0.4) is 0 Å². The van der Waals surface area contributed by atoms with Gasteiger partial charge in [-0.2, -0.15) is 0 Å². The van der Waals surface area contributed by atoms with Crippen LogP contribution in [0.2, 0.25) is 0 Å². The lowest BCUT2D eigenvalue weighted by atomic mass is 9.73. The predicted molar refractivity (Wildman–Crippen MR) is 95.6 cm³/mol. The zero-order valence-electron chi connectivity index (χ0n) is 14.5. The average molecular weight is 340 g/mol. The number of likely N-dealkylation sites (tertiary alicyclic amines) is 1. The van der Waals surface area contributed by atoms with Gasteiger partial charge in [0.1, 0.15) is 5.82 Å². The summed E-state index contributed by atoms with van der Waals surface area (Å²) in [6.07, 6.45) is 8.60. The number of nitrogens with zero attached hydrogens (tertiary/aromatic N) is 2. The predicted octanol–water partition coefficient (Wildman–Crippen LogP) is 3.83. The number of hydrogen-bond acceptors (Lipinski definition) is 3. The van der Waals surface area contributed by atoms with Crippen molar-refractivity contribution in [3.8, 4) is 0 Å². The Balaban J connectivity index is 1.42. The van der Waals surface area contributed by atoms with E-state index in [1.807, 2.05) is 30.6 Å². The molecule has 4 heteroatoms. The summed E-state index contributed by atoms with van der Waals surface area (Å²) in [5.74, 6) is -0.163. The SMILES string of the molecule is Fc1ccc(CC[C@@]2([C@H]3CCO3)CCN(Cc3cccnc3)C2)cc1. The highest BCUT2D eigenvalue weighted by Crippen LogP contribution is 2.44. The van der Waals surface area contributed by atoms with Gasteiger partial charge >= 0.3 is 0 Å². The molecule has 25 heavy (non-hydrogen) atoms. The third-order valence-electron chi connectivity index (χ3n) is 5.80. The maximum Gasteiger partial charge on any atom is 0.123 e. The van der Waals surface area contributed by atoms with Crippen LogP contribution in [0.5, 0.6) is 0 Å². The highest BCUT2D eigenvalue weighted by molar-refractivity contribution is 5.17. The van der Waals surface area contributed by atoms with Gasteiger partial charge in [-0.25, -0.2) is 4.39 Å². The number of aromatic nitrogens is 1. The maximum atomic E-state index is 13.1. The molecule has 3 nitrogen and oxygen atoms in total. The molecule has 0 amide bonds. The fourth-order valence-corrected chi connectivity index (χ4v) is 4.26.